The molecule has 0 saturated heterocycles. The molecule has 0 aromatic heterocycles. The molecule has 0 aliphatic heterocycles. The van der Waals surface area contributed by atoms with Crippen LogP contribution in [0.2, 0.25) is 70.5 Å². The van der Waals surface area contributed by atoms with Gasteiger partial charge in [0.1, 0.15) is 0 Å². The van der Waals surface area contributed by atoms with Gasteiger partial charge in [-0.3, -0.25) is 0 Å². The van der Waals surface area contributed by atoms with Gasteiger partial charge in [0.05, 0.1) is 0 Å². The van der Waals surface area contributed by atoms with Gasteiger partial charge in [-0.2, -0.15) is 0 Å². The maximum absolute atomic E-state index is 7.13. The van der Waals surface area contributed by atoms with E-state index in [0.717, 1.165) is 18.1 Å². The molecule has 1 rings (SSSR count). The van der Waals surface area contributed by atoms with Gasteiger partial charge in [0.2, 0.25) is 0 Å². The first-order chi connectivity index (χ1) is 16.5. The lowest BCUT2D eigenvalue weighted by molar-refractivity contribution is 0.296. The van der Waals surface area contributed by atoms with Crippen molar-refractivity contribution in [2.75, 3.05) is 0 Å². The van der Waals surface area contributed by atoms with Crippen LogP contribution < -0.4 is 0 Å². The van der Waals surface area contributed by atoms with E-state index in [1.54, 1.807) is 0 Å². The second kappa shape index (κ2) is 14.3. The fourth-order valence-electron chi connectivity index (χ4n) is 5.16. The molecule has 0 bridgehead atoms. The number of rotatable bonds is 18. The summed E-state index contributed by atoms with van der Waals surface area (Å²) in [7, 11) is -11.5. The summed E-state index contributed by atoms with van der Waals surface area (Å²) in [5.74, 6) is 0.351. The van der Waals surface area contributed by atoms with Crippen LogP contribution in [-0.2, 0) is 16.5 Å². The molecule has 0 amide bonds. The van der Waals surface area contributed by atoms with E-state index in [9.17, 15) is 0 Å². The molecular formula is C27H56O4Si5. The predicted octanol–water partition coefficient (Wildman–Crippen LogP) is 9.44. The number of hydrogen-bond donors (Lipinski definition) is 0. The molecule has 1 aromatic carbocycles. The Labute approximate surface area is 229 Å². The van der Waals surface area contributed by atoms with Crippen molar-refractivity contribution >= 4 is 42.3 Å². The molecule has 1 aromatic rings. The first kappa shape index (κ1) is 33.9. The largest absolute Gasteiger partial charge is 0.436 e. The van der Waals surface area contributed by atoms with E-state index in [1.807, 2.05) is 5.70 Å². The summed E-state index contributed by atoms with van der Waals surface area (Å²) >= 11 is 0. The van der Waals surface area contributed by atoms with Crippen molar-refractivity contribution in [3.8, 4) is 0 Å². The molecule has 3 atom stereocenters. The molecule has 4 nitrogen and oxygen atoms in total. The van der Waals surface area contributed by atoms with Gasteiger partial charge in [0.25, 0.3) is 0 Å². The Bertz CT molecular complexity index is 790. The van der Waals surface area contributed by atoms with Gasteiger partial charge in [-0.1, -0.05) is 82.5 Å². The van der Waals surface area contributed by atoms with Gasteiger partial charge in [-0.25, -0.2) is 0 Å². The van der Waals surface area contributed by atoms with Gasteiger partial charge in [0, 0.05) is 0 Å². The Morgan fingerprint density at radius 3 is 1.72 bits per heavy atom. The average molecular weight is 585 g/mol. The van der Waals surface area contributed by atoms with Crippen LogP contribution in [0.1, 0.15) is 57.9 Å². The van der Waals surface area contributed by atoms with Crippen LogP contribution in [0.25, 0.3) is 0 Å². The number of benzene rings is 1. The third-order valence-corrected chi connectivity index (χ3v) is 26.8. The van der Waals surface area contributed by atoms with E-state index < -0.39 is 42.3 Å². The molecule has 0 N–H and O–H groups in total. The molecular weight excluding hydrogens is 529 g/mol. The lowest BCUT2D eigenvalue weighted by atomic mass is 10.0. The van der Waals surface area contributed by atoms with E-state index in [2.05, 4.69) is 110 Å². The summed E-state index contributed by atoms with van der Waals surface area (Å²) in [4.78, 5) is 0. The molecule has 0 aliphatic carbocycles. The minimum atomic E-state index is -2.74. The quantitative estimate of drug-likeness (QED) is 0.161. The Morgan fingerprint density at radius 2 is 1.25 bits per heavy atom. The zero-order valence-corrected chi connectivity index (χ0v) is 30.3. The highest BCUT2D eigenvalue weighted by molar-refractivity contribution is 6.92. The van der Waals surface area contributed by atoms with Crippen molar-refractivity contribution in [1.82, 2.24) is 0 Å². The molecule has 0 aliphatic rings. The van der Waals surface area contributed by atoms with E-state index in [1.165, 1.54) is 31.2 Å². The summed E-state index contributed by atoms with van der Waals surface area (Å²) in [6.45, 7) is 29.1. The Morgan fingerprint density at radius 1 is 0.750 bits per heavy atom. The van der Waals surface area contributed by atoms with Crippen LogP contribution in [0, 0.1) is 0 Å². The molecule has 208 valence electrons. The van der Waals surface area contributed by atoms with Crippen LogP contribution in [0.15, 0.2) is 42.6 Å². The molecule has 0 spiro atoms. The van der Waals surface area contributed by atoms with Gasteiger partial charge >= 0.3 is 25.7 Å². The maximum atomic E-state index is 7.13. The van der Waals surface area contributed by atoms with Gasteiger partial charge in [-0.05, 0) is 82.0 Å². The molecule has 0 radical (unpaired) electrons. The molecule has 0 saturated carbocycles. The minimum Gasteiger partial charge on any atom is -0.436 e. The zero-order chi connectivity index (χ0) is 27.7. The zero-order valence-electron chi connectivity index (χ0n) is 25.3. The SMILES string of the molecule is C=C[Si](C)(O[Si](C)(C)O[Si](C)(C)CCCC)O[Si](C)(CC(C)c1ccccc1)O[Si](C)(C)CCCC. The molecule has 0 fully saturated rings. The highest BCUT2D eigenvalue weighted by Gasteiger charge is 2.49. The first-order valence-electron chi connectivity index (χ1n) is 14.0. The van der Waals surface area contributed by atoms with Crippen molar-refractivity contribution in [1.29, 1.82) is 0 Å². The van der Waals surface area contributed by atoms with E-state index >= 15 is 0 Å². The molecule has 9 heteroatoms. The lowest BCUT2D eigenvalue weighted by Gasteiger charge is -2.44. The summed E-state index contributed by atoms with van der Waals surface area (Å²) in [6, 6.07) is 14.0. The second-order valence-corrected chi connectivity index (χ2v) is 31.6. The standard InChI is InChI=1S/C27H56O4Si5/c1-13-16-23-32(5,6)28-34(9,10)30-35(11,15-3)31-36(12,29-33(7,8)24-17-14-2)25-26(4)27-21-19-18-20-22-27/h15,18-22,26H,3,13-14,16-17,23-25H2,1-2,4-12H3. The highest BCUT2D eigenvalue weighted by atomic mass is 28.5. The first-order valence-corrected chi connectivity index (χ1v) is 28.0. The molecule has 0 heterocycles. The topological polar surface area (TPSA) is 36.9 Å². The smallest absolute Gasteiger partial charge is 0.343 e. The summed E-state index contributed by atoms with van der Waals surface area (Å²) in [5.41, 5.74) is 3.29. The monoisotopic (exact) mass is 584 g/mol. The Balaban J connectivity index is 3.20. The van der Waals surface area contributed by atoms with Gasteiger partial charge in [-0.15, -0.1) is 6.58 Å². The van der Waals surface area contributed by atoms with Crippen LogP contribution >= 0.6 is 0 Å². The van der Waals surface area contributed by atoms with E-state index in [4.69, 9.17) is 16.5 Å². The van der Waals surface area contributed by atoms with Crippen molar-refractivity contribution in [3.05, 3.63) is 48.2 Å². The van der Waals surface area contributed by atoms with Crippen molar-refractivity contribution < 1.29 is 16.5 Å². The van der Waals surface area contributed by atoms with Gasteiger partial charge < -0.3 is 16.5 Å². The minimum absolute atomic E-state index is 0.351. The Kier molecular flexibility index (Phi) is 13.5. The van der Waals surface area contributed by atoms with E-state index in [0.29, 0.717) is 5.92 Å². The van der Waals surface area contributed by atoms with Crippen LogP contribution in [0.4, 0.5) is 0 Å². The Hall–Kier alpha value is -0.116. The second-order valence-electron chi connectivity index (χ2n) is 12.4. The van der Waals surface area contributed by atoms with Crippen LogP contribution in [-0.4, -0.2) is 42.3 Å². The van der Waals surface area contributed by atoms with E-state index in [-0.39, 0.29) is 0 Å². The third-order valence-electron chi connectivity index (χ3n) is 6.56. The molecule has 36 heavy (non-hydrogen) atoms. The highest BCUT2D eigenvalue weighted by Crippen LogP contribution is 2.35. The lowest BCUT2D eigenvalue weighted by Crippen LogP contribution is -2.60. The summed E-state index contributed by atoms with van der Waals surface area (Å²) < 4.78 is 27.9. The average Bonchev–Trinajstić information content (AvgIpc) is 2.74. The fraction of sp³-hybridized carbons (Fsp3) is 0.704. The normalized spacial score (nSPS) is 17.3. The predicted molar refractivity (Wildman–Crippen MR) is 169 cm³/mol. The number of unbranched alkanes of at least 4 members (excludes halogenated alkanes) is 2. The summed E-state index contributed by atoms with van der Waals surface area (Å²) in [6.07, 6.45) is 4.81. The number of hydrogen-bond acceptors (Lipinski definition) is 4. The summed E-state index contributed by atoms with van der Waals surface area (Å²) in [5, 5.41) is 0. The van der Waals surface area contributed by atoms with Gasteiger partial charge in [0.15, 0.2) is 16.6 Å². The van der Waals surface area contributed by atoms with Crippen molar-refractivity contribution in [3.63, 3.8) is 0 Å². The van der Waals surface area contributed by atoms with Crippen molar-refractivity contribution in [2.24, 2.45) is 0 Å². The van der Waals surface area contributed by atoms with Crippen LogP contribution in [0.3, 0.4) is 0 Å². The van der Waals surface area contributed by atoms with Crippen LogP contribution in [0.5, 0.6) is 0 Å². The fourth-order valence-corrected chi connectivity index (χ4v) is 30.0. The molecule has 3 unspecified atom stereocenters. The third kappa shape index (κ3) is 12.6. The maximum Gasteiger partial charge on any atom is 0.343 e. The van der Waals surface area contributed by atoms with Crippen molar-refractivity contribution in [2.45, 2.75) is 123 Å².